The molecule has 1 aliphatic rings. The Labute approximate surface area is 129 Å². The third kappa shape index (κ3) is 8.27. The molecule has 5 nitrogen and oxygen atoms in total. The number of rotatable bonds is 6. The Morgan fingerprint density at radius 3 is 2.62 bits per heavy atom. The van der Waals surface area contributed by atoms with Gasteiger partial charge in [0.2, 0.25) is 0 Å². The third-order valence-corrected chi connectivity index (χ3v) is 3.59. The summed E-state index contributed by atoms with van der Waals surface area (Å²) in [6.07, 6.45) is 2.02. The van der Waals surface area contributed by atoms with E-state index in [1.807, 2.05) is 20.8 Å². The number of carbonyl (C=O) groups is 1. The zero-order valence-electron chi connectivity index (χ0n) is 14.2. The monoisotopic (exact) mass is 300 g/mol. The van der Waals surface area contributed by atoms with Gasteiger partial charge in [0.05, 0.1) is 6.61 Å². The molecular weight excluding hydrogens is 268 g/mol. The molecule has 1 rings (SSSR count). The van der Waals surface area contributed by atoms with Crippen LogP contribution in [0.5, 0.6) is 0 Å². The predicted octanol–water partition coefficient (Wildman–Crippen LogP) is 2.55. The Morgan fingerprint density at radius 1 is 1.38 bits per heavy atom. The first-order chi connectivity index (χ1) is 9.78. The molecule has 1 saturated heterocycles. The third-order valence-electron chi connectivity index (χ3n) is 3.59. The van der Waals surface area contributed by atoms with Crippen LogP contribution in [0.1, 0.15) is 47.5 Å². The topological polar surface area (TPSA) is 59.6 Å². The van der Waals surface area contributed by atoms with Crippen LogP contribution in [0.25, 0.3) is 0 Å². The van der Waals surface area contributed by atoms with Crippen molar-refractivity contribution in [3.05, 3.63) is 0 Å². The highest BCUT2D eigenvalue weighted by Gasteiger charge is 2.20. The standard InChI is InChI=1S/C16H32N2O3/c1-12(2)14(10-18-15(19)21-16(3,4)5)17-9-13-7-6-8-20-11-13/h12-14,17H,6-11H2,1-5H3,(H,18,19). The summed E-state index contributed by atoms with van der Waals surface area (Å²) in [6.45, 7) is 13.2. The van der Waals surface area contributed by atoms with Crippen molar-refractivity contribution in [2.45, 2.75) is 59.1 Å². The lowest BCUT2D eigenvalue weighted by Gasteiger charge is -2.28. The van der Waals surface area contributed by atoms with Crippen molar-refractivity contribution >= 4 is 6.09 Å². The highest BCUT2D eigenvalue weighted by atomic mass is 16.6. The minimum Gasteiger partial charge on any atom is -0.444 e. The van der Waals surface area contributed by atoms with Crippen molar-refractivity contribution in [1.82, 2.24) is 10.6 Å². The molecule has 5 heteroatoms. The second-order valence-corrected chi connectivity index (χ2v) is 7.22. The summed E-state index contributed by atoms with van der Waals surface area (Å²) in [5.74, 6) is 1.03. The van der Waals surface area contributed by atoms with Gasteiger partial charge < -0.3 is 20.1 Å². The fraction of sp³-hybridized carbons (Fsp3) is 0.938. The maximum absolute atomic E-state index is 11.7. The van der Waals surface area contributed by atoms with E-state index in [0.717, 1.165) is 26.2 Å². The molecule has 0 aromatic rings. The summed E-state index contributed by atoms with van der Waals surface area (Å²) in [6, 6.07) is 0.249. The van der Waals surface area contributed by atoms with Gasteiger partial charge in [0.1, 0.15) is 5.60 Å². The van der Waals surface area contributed by atoms with Crippen LogP contribution in [-0.4, -0.2) is 44.0 Å². The molecule has 0 aromatic heterocycles. The predicted molar refractivity (Wildman–Crippen MR) is 84.4 cm³/mol. The molecule has 124 valence electrons. The van der Waals surface area contributed by atoms with Gasteiger partial charge in [-0.15, -0.1) is 0 Å². The maximum Gasteiger partial charge on any atom is 0.407 e. The lowest BCUT2D eigenvalue weighted by Crippen LogP contribution is -2.47. The molecule has 1 aliphatic heterocycles. The number of alkyl carbamates (subject to hydrolysis) is 1. The van der Waals surface area contributed by atoms with Crippen molar-refractivity contribution in [3.63, 3.8) is 0 Å². The van der Waals surface area contributed by atoms with E-state index in [4.69, 9.17) is 9.47 Å². The molecule has 0 bridgehead atoms. The molecule has 0 spiro atoms. The molecule has 2 atom stereocenters. The van der Waals surface area contributed by atoms with Gasteiger partial charge in [-0.2, -0.15) is 0 Å². The number of ether oxygens (including phenoxy) is 2. The summed E-state index contributed by atoms with van der Waals surface area (Å²) >= 11 is 0. The van der Waals surface area contributed by atoms with Gasteiger partial charge >= 0.3 is 6.09 Å². The fourth-order valence-electron chi connectivity index (χ4n) is 2.34. The number of carbonyl (C=O) groups excluding carboxylic acids is 1. The number of amides is 1. The van der Waals surface area contributed by atoms with E-state index in [1.54, 1.807) is 0 Å². The summed E-state index contributed by atoms with van der Waals surface area (Å²) in [5, 5.41) is 6.41. The van der Waals surface area contributed by atoms with Crippen molar-refractivity contribution in [2.75, 3.05) is 26.3 Å². The molecule has 0 aromatic carbocycles. The zero-order valence-corrected chi connectivity index (χ0v) is 14.2. The van der Waals surface area contributed by atoms with Crippen LogP contribution in [-0.2, 0) is 9.47 Å². The summed E-state index contributed by atoms with van der Waals surface area (Å²) < 4.78 is 10.8. The van der Waals surface area contributed by atoms with E-state index < -0.39 is 5.60 Å². The van der Waals surface area contributed by atoms with Gasteiger partial charge in [0.15, 0.2) is 0 Å². The van der Waals surface area contributed by atoms with E-state index >= 15 is 0 Å². The van der Waals surface area contributed by atoms with E-state index in [1.165, 1.54) is 6.42 Å². The lowest BCUT2D eigenvalue weighted by atomic mass is 9.99. The second-order valence-electron chi connectivity index (χ2n) is 7.22. The minimum atomic E-state index is -0.454. The lowest BCUT2D eigenvalue weighted by molar-refractivity contribution is 0.0492. The smallest absolute Gasteiger partial charge is 0.407 e. The highest BCUT2D eigenvalue weighted by molar-refractivity contribution is 5.67. The Hall–Kier alpha value is -0.810. The van der Waals surface area contributed by atoms with Gasteiger partial charge in [0, 0.05) is 25.7 Å². The molecule has 1 amide bonds. The van der Waals surface area contributed by atoms with Crippen LogP contribution in [0.4, 0.5) is 4.79 Å². The first kappa shape index (κ1) is 18.2. The van der Waals surface area contributed by atoms with E-state index in [0.29, 0.717) is 18.4 Å². The van der Waals surface area contributed by atoms with E-state index in [-0.39, 0.29) is 12.1 Å². The highest BCUT2D eigenvalue weighted by Crippen LogP contribution is 2.13. The Morgan fingerprint density at radius 2 is 2.10 bits per heavy atom. The number of hydrogen-bond acceptors (Lipinski definition) is 4. The number of hydrogen-bond donors (Lipinski definition) is 2. The van der Waals surface area contributed by atoms with Crippen LogP contribution in [0, 0.1) is 11.8 Å². The first-order valence-electron chi connectivity index (χ1n) is 8.06. The molecule has 1 fully saturated rings. The molecule has 0 radical (unpaired) electrons. The average molecular weight is 300 g/mol. The molecule has 0 saturated carbocycles. The first-order valence-corrected chi connectivity index (χ1v) is 8.06. The van der Waals surface area contributed by atoms with Crippen LogP contribution >= 0.6 is 0 Å². The van der Waals surface area contributed by atoms with Crippen LogP contribution in [0.15, 0.2) is 0 Å². The quantitative estimate of drug-likeness (QED) is 0.791. The zero-order chi connectivity index (χ0) is 15.9. The van der Waals surface area contributed by atoms with Crippen LogP contribution < -0.4 is 10.6 Å². The van der Waals surface area contributed by atoms with Gasteiger partial charge in [-0.3, -0.25) is 0 Å². The second kappa shape index (κ2) is 8.59. The van der Waals surface area contributed by atoms with Crippen molar-refractivity contribution in [1.29, 1.82) is 0 Å². The van der Waals surface area contributed by atoms with Crippen LogP contribution in [0.2, 0.25) is 0 Å². The maximum atomic E-state index is 11.7. The number of nitrogens with one attached hydrogen (secondary N) is 2. The van der Waals surface area contributed by atoms with Gasteiger partial charge in [-0.1, -0.05) is 13.8 Å². The van der Waals surface area contributed by atoms with Gasteiger partial charge in [0.25, 0.3) is 0 Å². The Balaban J connectivity index is 2.30. The van der Waals surface area contributed by atoms with E-state index in [9.17, 15) is 4.79 Å². The minimum absolute atomic E-state index is 0.249. The SMILES string of the molecule is CC(C)C(CNC(=O)OC(C)(C)C)NCC1CCCOC1. The molecule has 21 heavy (non-hydrogen) atoms. The molecule has 2 unspecified atom stereocenters. The summed E-state index contributed by atoms with van der Waals surface area (Å²) in [4.78, 5) is 11.7. The van der Waals surface area contributed by atoms with Gasteiger partial charge in [-0.25, -0.2) is 4.79 Å². The van der Waals surface area contributed by atoms with Crippen molar-refractivity contribution in [2.24, 2.45) is 11.8 Å². The van der Waals surface area contributed by atoms with E-state index in [2.05, 4.69) is 24.5 Å². The fourth-order valence-corrected chi connectivity index (χ4v) is 2.34. The molecule has 0 aliphatic carbocycles. The normalized spacial score (nSPS) is 21.1. The molecule has 2 N–H and O–H groups in total. The van der Waals surface area contributed by atoms with Crippen molar-refractivity contribution in [3.8, 4) is 0 Å². The van der Waals surface area contributed by atoms with Gasteiger partial charge in [-0.05, 0) is 45.4 Å². The summed E-state index contributed by atoms with van der Waals surface area (Å²) in [5.41, 5.74) is -0.454. The van der Waals surface area contributed by atoms with Crippen LogP contribution in [0.3, 0.4) is 0 Å². The molecular formula is C16H32N2O3. The molecule has 1 heterocycles. The summed E-state index contributed by atoms with van der Waals surface area (Å²) in [7, 11) is 0. The van der Waals surface area contributed by atoms with Crippen molar-refractivity contribution < 1.29 is 14.3 Å². The largest absolute Gasteiger partial charge is 0.444 e. The Bertz CT molecular complexity index is 307. The Kier molecular flexibility index (Phi) is 7.46. The average Bonchev–Trinajstić information content (AvgIpc) is 2.37.